The molecule has 0 aliphatic heterocycles. The topological polar surface area (TPSA) is 30.7 Å². The molecule has 0 spiro atoms. The Balaban J connectivity index is 2.13. The van der Waals surface area contributed by atoms with Crippen LogP contribution in [0.4, 0.5) is 0 Å². The summed E-state index contributed by atoms with van der Waals surface area (Å²) in [7, 11) is 2.08. The fourth-order valence-electron chi connectivity index (χ4n) is 2.31. The zero-order valence-electron chi connectivity index (χ0n) is 9.52. The van der Waals surface area contributed by atoms with Gasteiger partial charge in [0, 0.05) is 36.3 Å². The average molecular weight is 246 g/mol. The minimum Gasteiger partial charge on any atom is -0.354 e. The molecule has 3 rings (SSSR count). The van der Waals surface area contributed by atoms with Gasteiger partial charge in [0.25, 0.3) is 0 Å². The van der Waals surface area contributed by atoms with Crippen molar-refractivity contribution < 1.29 is 0 Å². The lowest BCUT2D eigenvalue weighted by Gasteiger charge is -2.15. The fraction of sp³-hybridized carbons (Fsp3) is 0.231. The van der Waals surface area contributed by atoms with Crippen LogP contribution in [0.5, 0.6) is 0 Å². The highest BCUT2D eigenvalue weighted by Crippen LogP contribution is 2.31. The maximum atomic E-state index is 5.84. The van der Waals surface area contributed by atoms with E-state index in [1.165, 1.54) is 11.3 Å². The van der Waals surface area contributed by atoms with Crippen LogP contribution in [0.2, 0.25) is 5.28 Å². The van der Waals surface area contributed by atoms with Crippen molar-refractivity contribution in [1.29, 1.82) is 0 Å². The molecule has 1 aliphatic carbocycles. The van der Waals surface area contributed by atoms with E-state index in [9.17, 15) is 0 Å². The highest BCUT2D eigenvalue weighted by Gasteiger charge is 2.17. The second kappa shape index (κ2) is 4.00. The number of hydrogen-bond donors (Lipinski definition) is 0. The zero-order chi connectivity index (χ0) is 11.8. The SMILES string of the molecule is Cn1ccc2c1CCC=C2c1ccnc(Cl)n1. The lowest BCUT2D eigenvalue weighted by Crippen LogP contribution is -2.04. The van der Waals surface area contributed by atoms with Crippen LogP contribution in [0.3, 0.4) is 0 Å². The molecule has 0 unspecified atom stereocenters. The summed E-state index contributed by atoms with van der Waals surface area (Å²) in [6.45, 7) is 0. The number of rotatable bonds is 1. The molecule has 0 bridgehead atoms. The lowest BCUT2D eigenvalue weighted by atomic mass is 9.94. The van der Waals surface area contributed by atoms with Crippen molar-refractivity contribution in [2.45, 2.75) is 12.8 Å². The Labute approximate surface area is 105 Å². The molecule has 86 valence electrons. The summed E-state index contributed by atoms with van der Waals surface area (Å²) in [6, 6.07) is 4.04. The van der Waals surface area contributed by atoms with Gasteiger partial charge in [-0.2, -0.15) is 0 Å². The molecule has 1 aliphatic rings. The Morgan fingerprint density at radius 1 is 1.35 bits per heavy atom. The first kappa shape index (κ1) is 10.5. The van der Waals surface area contributed by atoms with E-state index in [0.717, 1.165) is 24.1 Å². The van der Waals surface area contributed by atoms with E-state index in [4.69, 9.17) is 11.6 Å². The Hall–Kier alpha value is -1.61. The average Bonchev–Trinajstić information content (AvgIpc) is 2.71. The molecule has 0 fully saturated rings. The number of halogens is 1. The molecule has 0 saturated carbocycles. The van der Waals surface area contributed by atoms with Crippen LogP contribution >= 0.6 is 11.6 Å². The first-order chi connectivity index (χ1) is 8.25. The van der Waals surface area contributed by atoms with Gasteiger partial charge in [0.15, 0.2) is 0 Å². The van der Waals surface area contributed by atoms with Crippen molar-refractivity contribution in [2.24, 2.45) is 7.05 Å². The highest BCUT2D eigenvalue weighted by molar-refractivity contribution is 6.28. The molecule has 2 heterocycles. The Morgan fingerprint density at radius 2 is 2.24 bits per heavy atom. The second-order valence-electron chi connectivity index (χ2n) is 4.15. The van der Waals surface area contributed by atoms with Gasteiger partial charge in [-0.25, -0.2) is 9.97 Å². The minimum atomic E-state index is 0.298. The van der Waals surface area contributed by atoms with Crippen LogP contribution in [-0.2, 0) is 13.5 Å². The Kier molecular flexibility index (Phi) is 2.48. The number of aryl methyl sites for hydroxylation is 1. The molecule has 3 nitrogen and oxygen atoms in total. The molecular formula is C13H12ClN3. The Morgan fingerprint density at radius 3 is 3.06 bits per heavy atom. The molecule has 0 radical (unpaired) electrons. The number of fused-ring (bicyclic) bond motifs is 1. The number of hydrogen-bond acceptors (Lipinski definition) is 2. The molecule has 0 N–H and O–H groups in total. The summed E-state index contributed by atoms with van der Waals surface area (Å²) >= 11 is 5.84. The zero-order valence-corrected chi connectivity index (χ0v) is 10.3. The van der Waals surface area contributed by atoms with Crippen molar-refractivity contribution in [3.63, 3.8) is 0 Å². The van der Waals surface area contributed by atoms with E-state index in [0.29, 0.717) is 5.28 Å². The predicted octanol–water partition coefficient (Wildman–Crippen LogP) is 2.85. The van der Waals surface area contributed by atoms with Gasteiger partial charge in [-0.3, -0.25) is 0 Å². The first-order valence-corrected chi connectivity index (χ1v) is 5.97. The van der Waals surface area contributed by atoms with Crippen LogP contribution < -0.4 is 0 Å². The molecule has 0 atom stereocenters. The van der Waals surface area contributed by atoms with E-state index in [1.807, 2.05) is 6.07 Å². The summed E-state index contributed by atoms with van der Waals surface area (Å²) in [5.41, 5.74) is 4.68. The van der Waals surface area contributed by atoms with E-state index in [2.05, 4.69) is 39.9 Å². The van der Waals surface area contributed by atoms with Gasteiger partial charge in [0.05, 0.1) is 5.69 Å². The highest BCUT2D eigenvalue weighted by atomic mass is 35.5. The van der Waals surface area contributed by atoms with Gasteiger partial charge in [-0.15, -0.1) is 0 Å². The van der Waals surface area contributed by atoms with Gasteiger partial charge in [-0.1, -0.05) is 6.08 Å². The number of allylic oxidation sites excluding steroid dienone is 1. The van der Waals surface area contributed by atoms with Crippen LogP contribution in [-0.4, -0.2) is 14.5 Å². The van der Waals surface area contributed by atoms with E-state index < -0.39 is 0 Å². The first-order valence-electron chi connectivity index (χ1n) is 5.59. The van der Waals surface area contributed by atoms with E-state index >= 15 is 0 Å². The monoisotopic (exact) mass is 245 g/mol. The van der Waals surface area contributed by atoms with Gasteiger partial charge >= 0.3 is 0 Å². The molecule has 0 amide bonds. The normalized spacial score (nSPS) is 14.4. The minimum absolute atomic E-state index is 0.298. The summed E-state index contributed by atoms with van der Waals surface area (Å²) in [6.07, 6.45) is 8.14. The molecule has 0 aromatic carbocycles. The van der Waals surface area contributed by atoms with E-state index in [1.54, 1.807) is 6.20 Å². The summed E-state index contributed by atoms with van der Waals surface area (Å²) in [4.78, 5) is 8.20. The third-order valence-corrected chi connectivity index (χ3v) is 3.31. The second-order valence-corrected chi connectivity index (χ2v) is 4.49. The fourth-order valence-corrected chi connectivity index (χ4v) is 2.46. The summed E-state index contributed by atoms with van der Waals surface area (Å²) in [5, 5.41) is 0.298. The summed E-state index contributed by atoms with van der Waals surface area (Å²) < 4.78 is 2.17. The molecular weight excluding hydrogens is 234 g/mol. The third kappa shape index (κ3) is 1.76. The molecule has 0 saturated heterocycles. The smallest absolute Gasteiger partial charge is 0.222 e. The maximum Gasteiger partial charge on any atom is 0.222 e. The standard InChI is InChI=1S/C13H12ClN3/c1-17-8-6-10-9(3-2-4-12(10)17)11-5-7-15-13(14)16-11/h3,5-8H,2,4H2,1H3. The molecule has 2 aromatic heterocycles. The van der Waals surface area contributed by atoms with Crippen molar-refractivity contribution >= 4 is 17.2 Å². The number of aromatic nitrogens is 3. The lowest BCUT2D eigenvalue weighted by molar-refractivity contribution is 0.801. The van der Waals surface area contributed by atoms with Crippen molar-refractivity contribution in [1.82, 2.24) is 14.5 Å². The predicted molar refractivity (Wildman–Crippen MR) is 67.9 cm³/mol. The van der Waals surface area contributed by atoms with Crippen molar-refractivity contribution in [2.75, 3.05) is 0 Å². The van der Waals surface area contributed by atoms with Gasteiger partial charge < -0.3 is 4.57 Å². The largest absolute Gasteiger partial charge is 0.354 e. The Bertz CT molecular complexity index is 598. The van der Waals surface area contributed by atoms with Crippen LogP contribution in [0.15, 0.2) is 30.6 Å². The van der Waals surface area contributed by atoms with Crippen LogP contribution in [0, 0.1) is 0 Å². The molecule has 4 heteroatoms. The van der Waals surface area contributed by atoms with Gasteiger partial charge in [0.1, 0.15) is 0 Å². The quantitative estimate of drug-likeness (QED) is 0.724. The maximum absolute atomic E-state index is 5.84. The van der Waals surface area contributed by atoms with Crippen LogP contribution in [0.1, 0.15) is 23.4 Å². The third-order valence-electron chi connectivity index (χ3n) is 3.12. The van der Waals surface area contributed by atoms with Gasteiger partial charge in [-0.05, 0) is 36.6 Å². The molecule has 2 aromatic rings. The molecule has 17 heavy (non-hydrogen) atoms. The van der Waals surface area contributed by atoms with Crippen molar-refractivity contribution in [3.8, 4) is 0 Å². The van der Waals surface area contributed by atoms with Crippen molar-refractivity contribution in [3.05, 3.63) is 52.8 Å². The van der Waals surface area contributed by atoms with Crippen LogP contribution in [0.25, 0.3) is 5.57 Å². The van der Waals surface area contributed by atoms with Gasteiger partial charge in [0.2, 0.25) is 5.28 Å². The number of nitrogens with zero attached hydrogens (tertiary/aromatic N) is 3. The summed E-state index contributed by atoms with van der Waals surface area (Å²) in [5.74, 6) is 0. The van der Waals surface area contributed by atoms with E-state index in [-0.39, 0.29) is 0 Å².